The second-order valence-corrected chi connectivity index (χ2v) is 7.21. The molecule has 1 heterocycles. The number of carbonyl (C=O) groups is 1. The summed E-state index contributed by atoms with van der Waals surface area (Å²) in [7, 11) is 0. The Balaban J connectivity index is 1.37. The summed E-state index contributed by atoms with van der Waals surface area (Å²) in [4.78, 5) is 14.5. The Kier molecular flexibility index (Phi) is 7.39. The molecular formula is C22H28FN3O2. The van der Waals surface area contributed by atoms with Crippen LogP contribution in [0.3, 0.4) is 0 Å². The maximum Gasteiger partial charge on any atom is 0.315 e. The number of amides is 2. The molecule has 0 radical (unpaired) electrons. The summed E-state index contributed by atoms with van der Waals surface area (Å²) in [6.45, 7) is 3.15. The number of piperidine rings is 1. The average molecular weight is 385 g/mol. The summed E-state index contributed by atoms with van der Waals surface area (Å²) >= 11 is 0. The van der Waals surface area contributed by atoms with Crippen molar-refractivity contribution in [2.45, 2.75) is 24.8 Å². The summed E-state index contributed by atoms with van der Waals surface area (Å²) < 4.78 is 13.0. The van der Waals surface area contributed by atoms with Gasteiger partial charge in [-0.2, -0.15) is 0 Å². The minimum absolute atomic E-state index is 0.244. The second kappa shape index (κ2) is 10.2. The van der Waals surface area contributed by atoms with E-state index in [1.807, 2.05) is 6.07 Å². The van der Waals surface area contributed by atoms with E-state index in [0.717, 1.165) is 32.5 Å². The van der Waals surface area contributed by atoms with Gasteiger partial charge in [0.2, 0.25) is 0 Å². The van der Waals surface area contributed by atoms with Gasteiger partial charge in [-0.15, -0.1) is 0 Å². The van der Waals surface area contributed by atoms with E-state index in [0.29, 0.717) is 18.0 Å². The fraction of sp³-hybridized carbons (Fsp3) is 0.409. The monoisotopic (exact) mass is 385 g/mol. The summed E-state index contributed by atoms with van der Waals surface area (Å²) in [6, 6.07) is 15.5. The molecule has 2 amide bonds. The molecule has 0 spiro atoms. The van der Waals surface area contributed by atoms with E-state index in [9.17, 15) is 14.3 Å². The first-order valence-electron chi connectivity index (χ1n) is 9.83. The summed E-state index contributed by atoms with van der Waals surface area (Å²) in [5.74, 6) is 0.274. The molecule has 1 atom stereocenters. The van der Waals surface area contributed by atoms with Crippen LogP contribution in [0.4, 0.5) is 9.18 Å². The molecule has 150 valence electrons. The number of hydrogen-bond donors (Lipinski definition) is 3. The van der Waals surface area contributed by atoms with E-state index < -0.39 is 6.04 Å². The third-order valence-corrected chi connectivity index (χ3v) is 5.33. The zero-order valence-corrected chi connectivity index (χ0v) is 16.0. The van der Waals surface area contributed by atoms with Gasteiger partial charge in [-0.25, -0.2) is 9.18 Å². The van der Waals surface area contributed by atoms with Gasteiger partial charge in [0.1, 0.15) is 5.82 Å². The number of nitrogens with zero attached hydrogens (tertiary/aromatic N) is 1. The van der Waals surface area contributed by atoms with Crippen molar-refractivity contribution in [2.75, 3.05) is 32.8 Å². The predicted octanol–water partition coefficient (Wildman–Crippen LogP) is 3.04. The maximum absolute atomic E-state index is 13.0. The topological polar surface area (TPSA) is 64.6 Å². The lowest BCUT2D eigenvalue weighted by atomic mass is 9.89. The van der Waals surface area contributed by atoms with Crippen molar-refractivity contribution in [3.8, 4) is 0 Å². The fourth-order valence-electron chi connectivity index (χ4n) is 3.68. The average Bonchev–Trinajstić information content (AvgIpc) is 2.74. The van der Waals surface area contributed by atoms with E-state index in [4.69, 9.17) is 0 Å². The first-order valence-corrected chi connectivity index (χ1v) is 9.83. The van der Waals surface area contributed by atoms with Crippen LogP contribution in [0, 0.1) is 5.82 Å². The molecule has 1 fully saturated rings. The molecule has 1 saturated heterocycles. The predicted molar refractivity (Wildman–Crippen MR) is 108 cm³/mol. The summed E-state index contributed by atoms with van der Waals surface area (Å²) in [5, 5.41) is 15.1. The van der Waals surface area contributed by atoms with Gasteiger partial charge in [-0.3, -0.25) is 0 Å². The second-order valence-electron chi connectivity index (χ2n) is 7.21. The Morgan fingerprint density at radius 1 is 1.11 bits per heavy atom. The van der Waals surface area contributed by atoms with Crippen molar-refractivity contribution in [3.05, 3.63) is 71.5 Å². The highest BCUT2D eigenvalue weighted by Gasteiger charge is 2.20. The third-order valence-electron chi connectivity index (χ3n) is 5.33. The summed E-state index contributed by atoms with van der Waals surface area (Å²) in [5.41, 5.74) is 2.08. The lowest BCUT2D eigenvalue weighted by Gasteiger charge is -2.32. The SMILES string of the molecule is O=C(NCCN1CCC(c2ccccc2)CC1)NC(CO)c1ccc(F)cc1. The number of aliphatic hydroxyl groups excluding tert-OH is 1. The van der Waals surface area contributed by atoms with Gasteiger partial charge < -0.3 is 20.6 Å². The minimum Gasteiger partial charge on any atom is -0.394 e. The molecule has 2 aromatic rings. The molecule has 0 aromatic heterocycles. The number of nitrogens with one attached hydrogen (secondary N) is 2. The Morgan fingerprint density at radius 2 is 1.79 bits per heavy atom. The number of hydrogen-bond acceptors (Lipinski definition) is 3. The standard InChI is InChI=1S/C22H28FN3O2/c23-20-8-6-19(7-9-20)21(16-27)25-22(28)24-12-15-26-13-10-18(11-14-26)17-4-2-1-3-5-17/h1-9,18,21,27H,10-16H2,(H2,24,25,28). The van der Waals surface area contributed by atoms with Crippen molar-refractivity contribution >= 4 is 6.03 Å². The van der Waals surface area contributed by atoms with Crippen molar-refractivity contribution in [3.63, 3.8) is 0 Å². The molecule has 3 rings (SSSR count). The minimum atomic E-state index is -0.554. The number of carbonyl (C=O) groups excluding carboxylic acids is 1. The number of benzene rings is 2. The van der Waals surface area contributed by atoms with Crippen LogP contribution in [0.5, 0.6) is 0 Å². The molecule has 6 heteroatoms. The van der Waals surface area contributed by atoms with Crippen LogP contribution in [0.15, 0.2) is 54.6 Å². The molecule has 1 unspecified atom stereocenters. The van der Waals surface area contributed by atoms with E-state index in [1.54, 1.807) is 12.1 Å². The first-order chi connectivity index (χ1) is 13.7. The van der Waals surface area contributed by atoms with Crippen LogP contribution in [0.25, 0.3) is 0 Å². The van der Waals surface area contributed by atoms with Gasteiger partial charge in [0.05, 0.1) is 12.6 Å². The van der Waals surface area contributed by atoms with Crippen LogP contribution in [-0.4, -0.2) is 48.8 Å². The summed E-state index contributed by atoms with van der Waals surface area (Å²) in [6.07, 6.45) is 2.26. The zero-order valence-electron chi connectivity index (χ0n) is 16.0. The van der Waals surface area contributed by atoms with Gasteiger partial charge in [-0.1, -0.05) is 42.5 Å². The Labute approximate surface area is 165 Å². The lowest BCUT2D eigenvalue weighted by Crippen LogP contribution is -2.43. The molecule has 1 aliphatic heterocycles. The molecule has 0 aliphatic carbocycles. The Bertz CT molecular complexity index is 731. The van der Waals surface area contributed by atoms with E-state index in [1.165, 1.54) is 17.7 Å². The fourth-order valence-corrected chi connectivity index (χ4v) is 3.68. The van der Waals surface area contributed by atoms with Crippen LogP contribution >= 0.6 is 0 Å². The first kappa shape index (κ1) is 20.3. The van der Waals surface area contributed by atoms with Gasteiger partial charge >= 0.3 is 6.03 Å². The van der Waals surface area contributed by atoms with Crippen molar-refractivity contribution < 1.29 is 14.3 Å². The molecule has 1 aliphatic rings. The quantitative estimate of drug-likeness (QED) is 0.686. The highest BCUT2D eigenvalue weighted by molar-refractivity contribution is 5.74. The zero-order chi connectivity index (χ0) is 19.8. The third kappa shape index (κ3) is 5.78. The number of rotatable bonds is 7. The van der Waals surface area contributed by atoms with Crippen LogP contribution in [-0.2, 0) is 0 Å². The normalized spacial score (nSPS) is 16.5. The van der Waals surface area contributed by atoms with Crippen molar-refractivity contribution in [1.29, 1.82) is 0 Å². The molecule has 28 heavy (non-hydrogen) atoms. The van der Waals surface area contributed by atoms with Gasteiger partial charge in [0.25, 0.3) is 0 Å². The van der Waals surface area contributed by atoms with E-state index in [2.05, 4.69) is 39.8 Å². The Hall–Kier alpha value is -2.44. The highest BCUT2D eigenvalue weighted by Crippen LogP contribution is 2.27. The number of halogens is 1. The molecule has 5 nitrogen and oxygen atoms in total. The van der Waals surface area contributed by atoms with Gasteiger partial charge in [0.15, 0.2) is 0 Å². The van der Waals surface area contributed by atoms with Gasteiger partial charge in [0, 0.05) is 13.1 Å². The largest absolute Gasteiger partial charge is 0.394 e. The Morgan fingerprint density at radius 3 is 2.43 bits per heavy atom. The smallest absolute Gasteiger partial charge is 0.315 e. The number of likely N-dealkylation sites (tertiary alicyclic amines) is 1. The molecule has 0 saturated carbocycles. The van der Waals surface area contributed by atoms with E-state index >= 15 is 0 Å². The lowest BCUT2D eigenvalue weighted by molar-refractivity contribution is 0.203. The number of aliphatic hydroxyl groups is 1. The molecule has 2 aromatic carbocycles. The van der Waals surface area contributed by atoms with E-state index in [-0.39, 0.29) is 18.5 Å². The van der Waals surface area contributed by atoms with Gasteiger partial charge in [-0.05, 0) is 55.1 Å². The molecular weight excluding hydrogens is 357 g/mol. The molecule has 0 bridgehead atoms. The van der Waals surface area contributed by atoms with Crippen LogP contribution in [0.2, 0.25) is 0 Å². The van der Waals surface area contributed by atoms with Crippen molar-refractivity contribution in [2.24, 2.45) is 0 Å². The maximum atomic E-state index is 13.0. The number of urea groups is 1. The highest BCUT2D eigenvalue weighted by atomic mass is 19.1. The van der Waals surface area contributed by atoms with Crippen LogP contribution in [0.1, 0.15) is 35.9 Å². The molecule has 3 N–H and O–H groups in total. The van der Waals surface area contributed by atoms with Crippen LogP contribution < -0.4 is 10.6 Å². The van der Waals surface area contributed by atoms with Crippen molar-refractivity contribution in [1.82, 2.24) is 15.5 Å².